The largest absolute Gasteiger partial charge is 0.444 e. The monoisotopic (exact) mass is 591 g/mol. The minimum Gasteiger partial charge on any atom is -0.444 e. The van der Waals surface area contributed by atoms with Gasteiger partial charge in [0, 0.05) is 56.9 Å². The summed E-state index contributed by atoms with van der Waals surface area (Å²) in [6.45, 7) is 12.9. The van der Waals surface area contributed by atoms with Crippen molar-refractivity contribution < 1.29 is 19.2 Å². The summed E-state index contributed by atoms with van der Waals surface area (Å²) in [6, 6.07) is 16.8. The summed E-state index contributed by atoms with van der Waals surface area (Å²) in [7, 11) is 0. The second-order valence-electron chi connectivity index (χ2n) is 12.6. The van der Waals surface area contributed by atoms with E-state index in [2.05, 4.69) is 46.4 Å². The van der Waals surface area contributed by atoms with Crippen LogP contribution in [0.3, 0.4) is 0 Å². The lowest BCUT2D eigenvalue weighted by atomic mass is 9.88. The van der Waals surface area contributed by atoms with Crippen LogP contribution >= 0.6 is 0 Å². The fourth-order valence-electron chi connectivity index (χ4n) is 6.32. The highest BCUT2D eigenvalue weighted by atomic mass is 16.6. The molecule has 3 atom stereocenters. The highest BCUT2D eigenvalue weighted by Gasteiger charge is 2.38. The van der Waals surface area contributed by atoms with Crippen molar-refractivity contribution in [3.05, 3.63) is 88.5 Å². The third kappa shape index (κ3) is 9.28. The molecule has 1 saturated heterocycles. The Labute approximate surface area is 254 Å². The summed E-state index contributed by atoms with van der Waals surface area (Å²) in [5.74, 6) is 0.745. The number of likely N-dealkylation sites (tertiary alicyclic amines) is 1. The van der Waals surface area contributed by atoms with E-state index in [-0.39, 0.29) is 29.9 Å². The number of hydrogen-bond acceptors (Lipinski definition) is 6. The molecule has 3 unspecified atom stereocenters. The number of non-ortho nitro benzene ring substituents is 1. The standard InChI is InChI=1S/C33H45N5O5/c1-5-17-37(31(39)34-22-24-11-13-29(14-12-24)38(41)42)28-15-18-36(19-16-28)23-26-20-27(35-32(40)43-33(2,3)4)21-30(26)25-9-7-6-8-10-25/h5-14,26-28,30H,1,15-23H2,2-4H3,(H,34,39)(H,35,40). The topological polar surface area (TPSA) is 117 Å². The SMILES string of the molecule is C=CCN(C(=O)NCc1ccc([N+](=O)[O-])cc1)C1CCN(CC2CC(NC(=O)OC(C)(C)C)CC2c2ccccc2)CC1. The maximum absolute atomic E-state index is 13.2. The molecule has 4 rings (SSSR count). The number of carbonyl (C=O) groups excluding carboxylic acids is 2. The normalized spacial score (nSPS) is 21.1. The molecule has 232 valence electrons. The zero-order valence-electron chi connectivity index (χ0n) is 25.5. The zero-order valence-corrected chi connectivity index (χ0v) is 25.5. The average Bonchev–Trinajstić information content (AvgIpc) is 3.36. The summed E-state index contributed by atoms with van der Waals surface area (Å²) in [5.41, 5.74) is 1.60. The quantitative estimate of drug-likeness (QED) is 0.204. The van der Waals surface area contributed by atoms with Gasteiger partial charge in [0.2, 0.25) is 0 Å². The fraction of sp³-hybridized carbons (Fsp3) is 0.515. The van der Waals surface area contributed by atoms with Crippen molar-refractivity contribution in [3.8, 4) is 0 Å². The Balaban J connectivity index is 1.32. The number of nitro groups is 1. The Bertz CT molecular complexity index is 1240. The molecule has 0 bridgehead atoms. The van der Waals surface area contributed by atoms with Gasteiger partial charge in [-0.05, 0) is 69.4 Å². The Kier molecular flexibility index (Phi) is 10.8. The van der Waals surface area contributed by atoms with E-state index in [4.69, 9.17) is 4.74 Å². The number of nitro benzene ring substituents is 1. The number of urea groups is 1. The van der Waals surface area contributed by atoms with Crippen molar-refractivity contribution in [3.63, 3.8) is 0 Å². The fourth-order valence-corrected chi connectivity index (χ4v) is 6.32. The number of carbonyl (C=O) groups is 2. The van der Waals surface area contributed by atoms with Crippen LogP contribution in [0.1, 0.15) is 63.5 Å². The van der Waals surface area contributed by atoms with Crippen LogP contribution in [-0.4, -0.2) is 70.7 Å². The number of amides is 3. The van der Waals surface area contributed by atoms with Crippen molar-refractivity contribution in [2.45, 2.75) is 76.6 Å². The Hall–Kier alpha value is -3.92. The van der Waals surface area contributed by atoms with E-state index in [0.717, 1.165) is 50.9 Å². The molecule has 1 aliphatic heterocycles. The van der Waals surface area contributed by atoms with E-state index in [9.17, 15) is 19.7 Å². The number of ether oxygens (including phenoxy) is 1. The van der Waals surface area contributed by atoms with Gasteiger partial charge in [-0.2, -0.15) is 0 Å². The smallest absolute Gasteiger partial charge is 0.407 e. The second kappa shape index (κ2) is 14.5. The van der Waals surface area contributed by atoms with E-state index in [1.165, 1.54) is 17.7 Å². The van der Waals surface area contributed by atoms with Crippen LogP contribution in [0.4, 0.5) is 15.3 Å². The van der Waals surface area contributed by atoms with Gasteiger partial charge in [-0.3, -0.25) is 10.1 Å². The van der Waals surface area contributed by atoms with Gasteiger partial charge < -0.3 is 25.2 Å². The van der Waals surface area contributed by atoms with E-state index >= 15 is 0 Å². The number of hydrogen-bond donors (Lipinski definition) is 2. The predicted molar refractivity (Wildman–Crippen MR) is 167 cm³/mol. The van der Waals surface area contributed by atoms with Crippen LogP contribution < -0.4 is 10.6 Å². The van der Waals surface area contributed by atoms with Crippen LogP contribution in [0.5, 0.6) is 0 Å². The van der Waals surface area contributed by atoms with Gasteiger partial charge >= 0.3 is 12.1 Å². The molecule has 2 aromatic rings. The predicted octanol–water partition coefficient (Wildman–Crippen LogP) is 5.84. The molecule has 10 nitrogen and oxygen atoms in total. The highest BCUT2D eigenvalue weighted by Crippen LogP contribution is 2.41. The molecule has 3 amide bonds. The average molecular weight is 592 g/mol. The van der Waals surface area contributed by atoms with Gasteiger partial charge in [0.1, 0.15) is 5.60 Å². The number of piperidine rings is 1. The van der Waals surface area contributed by atoms with Crippen LogP contribution in [0.2, 0.25) is 0 Å². The first-order chi connectivity index (χ1) is 20.5. The van der Waals surface area contributed by atoms with E-state index < -0.39 is 10.5 Å². The first-order valence-corrected chi connectivity index (χ1v) is 15.2. The lowest BCUT2D eigenvalue weighted by Gasteiger charge is -2.39. The van der Waals surface area contributed by atoms with Crippen LogP contribution in [0, 0.1) is 16.0 Å². The molecule has 0 aromatic heterocycles. The summed E-state index contributed by atoms with van der Waals surface area (Å²) in [5, 5.41) is 17.0. The molecule has 1 aliphatic carbocycles. The zero-order chi connectivity index (χ0) is 31.0. The number of nitrogens with one attached hydrogen (secondary N) is 2. The summed E-state index contributed by atoms with van der Waals surface area (Å²) in [4.78, 5) is 40.5. The third-order valence-corrected chi connectivity index (χ3v) is 8.31. The molecule has 2 fully saturated rings. The minimum absolute atomic E-state index is 0.0256. The molecule has 43 heavy (non-hydrogen) atoms. The molecule has 0 radical (unpaired) electrons. The maximum Gasteiger partial charge on any atom is 0.407 e. The Morgan fingerprint density at radius 2 is 1.77 bits per heavy atom. The minimum atomic E-state index is -0.535. The number of rotatable bonds is 10. The molecular formula is C33H45N5O5. The first-order valence-electron chi connectivity index (χ1n) is 15.2. The highest BCUT2D eigenvalue weighted by molar-refractivity contribution is 5.74. The second-order valence-corrected chi connectivity index (χ2v) is 12.6. The van der Waals surface area contributed by atoms with Gasteiger partial charge in [0.25, 0.3) is 5.69 Å². The maximum atomic E-state index is 13.2. The summed E-state index contributed by atoms with van der Waals surface area (Å²) >= 11 is 0. The lowest BCUT2D eigenvalue weighted by molar-refractivity contribution is -0.384. The van der Waals surface area contributed by atoms with Gasteiger partial charge in [-0.25, -0.2) is 9.59 Å². The van der Waals surface area contributed by atoms with Crippen molar-refractivity contribution in [2.75, 3.05) is 26.2 Å². The van der Waals surface area contributed by atoms with Crippen LogP contribution in [0.25, 0.3) is 0 Å². The lowest BCUT2D eigenvalue weighted by Crippen LogP contribution is -2.51. The molecule has 2 aliphatic rings. The first kappa shape index (κ1) is 32.0. The van der Waals surface area contributed by atoms with Crippen LogP contribution in [-0.2, 0) is 11.3 Å². The van der Waals surface area contributed by atoms with Gasteiger partial charge in [0.15, 0.2) is 0 Å². The summed E-state index contributed by atoms with van der Waals surface area (Å²) in [6.07, 6.45) is 4.89. The van der Waals surface area contributed by atoms with Gasteiger partial charge in [0.05, 0.1) is 4.92 Å². The van der Waals surface area contributed by atoms with Crippen molar-refractivity contribution in [2.24, 2.45) is 5.92 Å². The van der Waals surface area contributed by atoms with Crippen molar-refractivity contribution in [1.82, 2.24) is 20.4 Å². The molecule has 2 N–H and O–H groups in total. The molecule has 0 spiro atoms. The van der Waals surface area contributed by atoms with Gasteiger partial charge in [-0.15, -0.1) is 6.58 Å². The van der Waals surface area contributed by atoms with E-state index in [1.54, 1.807) is 18.2 Å². The Morgan fingerprint density at radius 3 is 2.37 bits per heavy atom. The molecule has 2 aromatic carbocycles. The van der Waals surface area contributed by atoms with Gasteiger partial charge in [-0.1, -0.05) is 48.5 Å². The van der Waals surface area contributed by atoms with Crippen molar-refractivity contribution >= 4 is 17.8 Å². The molecular weight excluding hydrogens is 546 g/mol. The Morgan fingerprint density at radius 1 is 1.09 bits per heavy atom. The third-order valence-electron chi connectivity index (χ3n) is 8.31. The van der Waals surface area contributed by atoms with E-state index in [0.29, 0.717) is 24.9 Å². The molecule has 10 heteroatoms. The van der Waals surface area contributed by atoms with Crippen LogP contribution in [0.15, 0.2) is 67.3 Å². The van der Waals surface area contributed by atoms with E-state index in [1.807, 2.05) is 31.7 Å². The molecule has 1 saturated carbocycles. The number of benzene rings is 2. The van der Waals surface area contributed by atoms with Crippen molar-refractivity contribution in [1.29, 1.82) is 0 Å². The molecule has 1 heterocycles. The number of nitrogens with zero attached hydrogens (tertiary/aromatic N) is 3. The number of alkyl carbamates (subject to hydrolysis) is 1. The summed E-state index contributed by atoms with van der Waals surface area (Å²) < 4.78 is 5.53.